The second-order valence-electron chi connectivity index (χ2n) is 7.24. The van der Waals surface area contributed by atoms with Gasteiger partial charge in [-0.05, 0) is 56.4 Å². The molecule has 0 radical (unpaired) electrons. The van der Waals surface area contributed by atoms with Crippen molar-refractivity contribution in [1.82, 2.24) is 14.8 Å². The molecule has 1 fully saturated rings. The van der Waals surface area contributed by atoms with Gasteiger partial charge >= 0.3 is 0 Å². The Kier molecular flexibility index (Phi) is 4.45. The van der Waals surface area contributed by atoms with Crippen LogP contribution in [0, 0.1) is 19.8 Å². The molecule has 0 atom stereocenters. The molecular weight excluding hydrogens is 324 g/mol. The molecular formula is C21H24N4O. The van der Waals surface area contributed by atoms with Gasteiger partial charge in [-0.15, -0.1) is 0 Å². The van der Waals surface area contributed by atoms with Crippen molar-refractivity contribution in [1.29, 1.82) is 0 Å². The summed E-state index contributed by atoms with van der Waals surface area (Å²) in [6.45, 7) is 6.72. The zero-order chi connectivity index (χ0) is 18.1. The number of nitrogens with zero attached hydrogens (tertiary/aromatic N) is 4. The molecule has 3 heterocycles. The van der Waals surface area contributed by atoms with E-state index in [2.05, 4.69) is 41.2 Å². The number of hydrogen-bond acceptors (Lipinski definition) is 4. The van der Waals surface area contributed by atoms with Gasteiger partial charge in [-0.2, -0.15) is 5.10 Å². The smallest absolute Gasteiger partial charge is 0.266 e. The average molecular weight is 348 g/mol. The van der Waals surface area contributed by atoms with Crippen molar-refractivity contribution in [3.8, 4) is 0 Å². The van der Waals surface area contributed by atoms with Gasteiger partial charge in [0.1, 0.15) is 5.82 Å². The van der Waals surface area contributed by atoms with Gasteiger partial charge in [0.15, 0.2) is 0 Å². The highest BCUT2D eigenvalue weighted by Gasteiger charge is 2.21. The number of fused-ring (bicyclic) bond motifs is 1. The Labute approximate surface area is 153 Å². The molecule has 3 aromatic rings. The molecule has 5 heteroatoms. The second-order valence-corrected chi connectivity index (χ2v) is 7.24. The van der Waals surface area contributed by atoms with Gasteiger partial charge in [-0.3, -0.25) is 4.79 Å². The standard InChI is InChI=1S/C21H24N4O/c1-15-13-20(22-19-6-4-3-5-18(15)19)24-11-9-17(10-12-24)14-25-21(26)8-7-16(2)23-25/h3-8,13,17H,9-12,14H2,1-2H3. The Morgan fingerprint density at radius 3 is 2.65 bits per heavy atom. The highest BCUT2D eigenvalue weighted by molar-refractivity contribution is 5.83. The Balaban J connectivity index is 1.47. The summed E-state index contributed by atoms with van der Waals surface area (Å²) in [5.41, 5.74) is 3.20. The lowest BCUT2D eigenvalue weighted by Crippen LogP contribution is -2.37. The molecule has 0 N–H and O–H groups in total. The van der Waals surface area contributed by atoms with Crippen LogP contribution in [0.3, 0.4) is 0 Å². The number of hydrogen-bond donors (Lipinski definition) is 0. The molecule has 134 valence electrons. The van der Waals surface area contributed by atoms with E-state index in [0.717, 1.165) is 43.0 Å². The highest BCUT2D eigenvalue weighted by Crippen LogP contribution is 2.26. The normalized spacial score (nSPS) is 15.5. The van der Waals surface area contributed by atoms with E-state index in [1.54, 1.807) is 16.8 Å². The first-order valence-corrected chi connectivity index (χ1v) is 9.26. The van der Waals surface area contributed by atoms with E-state index in [4.69, 9.17) is 4.98 Å². The number of rotatable bonds is 3. The predicted molar refractivity (Wildman–Crippen MR) is 105 cm³/mol. The largest absolute Gasteiger partial charge is 0.357 e. The molecule has 0 aliphatic carbocycles. The SMILES string of the molecule is Cc1ccc(=O)n(CC2CCN(c3cc(C)c4ccccc4n3)CC2)n1. The minimum absolute atomic E-state index is 0.00940. The van der Waals surface area contributed by atoms with E-state index in [0.29, 0.717) is 12.5 Å². The molecule has 1 aromatic carbocycles. The summed E-state index contributed by atoms with van der Waals surface area (Å²) < 4.78 is 1.62. The Hall–Kier alpha value is -2.69. The summed E-state index contributed by atoms with van der Waals surface area (Å²) in [7, 11) is 0. The second kappa shape index (κ2) is 6.90. The van der Waals surface area contributed by atoms with Gasteiger partial charge in [0.2, 0.25) is 0 Å². The van der Waals surface area contributed by atoms with Gasteiger partial charge in [0.25, 0.3) is 5.56 Å². The Morgan fingerprint density at radius 1 is 1.08 bits per heavy atom. The molecule has 4 rings (SSSR count). The van der Waals surface area contributed by atoms with Crippen molar-refractivity contribution in [2.75, 3.05) is 18.0 Å². The van der Waals surface area contributed by atoms with Crippen LogP contribution < -0.4 is 10.5 Å². The van der Waals surface area contributed by atoms with Crippen LogP contribution in [0.25, 0.3) is 10.9 Å². The molecule has 0 saturated carbocycles. The van der Waals surface area contributed by atoms with Crippen LogP contribution in [-0.4, -0.2) is 27.9 Å². The number of piperidine rings is 1. The maximum atomic E-state index is 12.0. The van der Waals surface area contributed by atoms with E-state index in [1.165, 1.54) is 10.9 Å². The highest BCUT2D eigenvalue weighted by atomic mass is 16.1. The first-order valence-electron chi connectivity index (χ1n) is 9.26. The van der Waals surface area contributed by atoms with Gasteiger partial charge < -0.3 is 4.90 Å². The lowest BCUT2D eigenvalue weighted by Gasteiger charge is -2.33. The van der Waals surface area contributed by atoms with E-state index in [-0.39, 0.29) is 5.56 Å². The number of aryl methyl sites for hydroxylation is 2. The Morgan fingerprint density at radius 2 is 1.85 bits per heavy atom. The topological polar surface area (TPSA) is 51.0 Å². The summed E-state index contributed by atoms with van der Waals surface area (Å²) in [6, 6.07) is 13.9. The summed E-state index contributed by atoms with van der Waals surface area (Å²) in [6.07, 6.45) is 2.10. The van der Waals surface area contributed by atoms with Crippen LogP contribution in [0.2, 0.25) is 0 Å². The van der Waals surface area contributed by atoms with Crippen LogP contribution in [0.1, 0.15) is 24.1 Å². The van der Waals surface area contributed by atoms with Crippen molar-refractivity contribution in [3.63, 3.8) is 0 Å². The van der Waals surface area contributed by atoms with Gasteiger partial charge in [-0.1, -0.05) is 18.2 Å². The van der Waals surface area contributed by atoms with Crippen molar-refractivity contribution in [2.24, 2.45) is 5.92 Å². The minimum atomic E-state index is -0.00940. The van der Waals surface area contributed by atoms with Crippen LogP contribution in [0.4, 0.5) is 5.82 Å². The van der Waals surface area contributed by atoms with E-state index in [9.17, 15) is 4.79 Å². The van der Waals surface area contributed by atoms with Crippen molar-refractivity contribution in [2.45, 2.75) is 33.2 Å². The van der Waals surface area contributed by atoms with E-state index >= 15 is 0 Å². The number of benzene rings is 1. The molecule has 26 heavy (non-hydrogen) atoms. The quantitative estimate of drug-likeness (QED) is 0.728. The first kappa shape index (κ1) is 16.8. The van der Waals surface area contributed by atoms with Crippen LogP contribution in [0.5, 0.6) is 0 Å². The molecule has 0 amide bonds. The maximum absolute atomic E-state index is 12.0. The third-order valence-electron chi connectivity index (χ3n) is 5.28. The fourth-order valence-electron chi connectivity index (χ4n) is 3.76. The molecule has 1 saturated heterocycles. The first-order chi connectivity index (χ1) is 12.6. The predicted octanol–water partition coefficient (Wildman–Crippen LogP) is 3.32. The molecule has 0 unspecified atom stereocenters. The Bertz CT molecular complexity index is 987. The monoisotopic (exact) mass is 348 g/mol. The fraction of sp³-hybridized carbons (Fsp3) is 0.381. The van der Waals surface area contributed by atoms with Gasteiger partial charge in [0.05, 0.1) is 11.2 Å². The van der Waals surface area contributed by atoms with Crippen LogP contribution in [0.15, 0.2) is 47.3 Å². The summed E-state index contributed by atoms with van der Waals surface area (Å²) in [5, 5.41) is 5.59. The van der Waals surface area contributed by atoms with Crippen molar-refractivity contribution < 1.29 is 0 Å². The summed E-state index contributed by atoms with van der Waals surface area (Å²) >= 11 is 0. The molecule has 0 bridgehead atoms. The van der Waals surface area contributed by atoms with Crippen molar-refractivity contribution in [3.05, 3.63) is 64.1 Å². The minimum Gasteiger partial charge on any atom is -0.357 e. The molecule has 5 nitrogen and oxygen atoms in total. The average Bonchev–Trinajstić information content (AvgIpc) is 2.65. The fourth-order valence-corrected chi connectivity index (χ4v) is 3.76. The summed E-state index contributed by atoms with van der Waals surface area (Å²) in [5.74, 6) is 1.55. The van der Waals surface area contributed by atoms with E-state index < -0.39 is 0 Å². The third kappa shape index (κ3) is 3.34. The number of anilines is 1. The third-order valence-corrected chi connectivity index (χ3v) is 5.28. The van der Waals surface area contributed by atoms with Crippen LogP contribution in [-0.2, 0) is 6.54 Å². The van der Waals surface area contributed by atoms with Crippen LogP contribution >= 0.6 is 0 Å². The van der Waals surface area contributed by atoms with Gasteiger partial charge in [-0.25, -0.2) is 9.67 Å². The zero-order valence-corrected chi connectivity index (χ0v) is 15.4. The molecule has 2 aromatic heterocycles. The molecule has 1 aliphatic rings. The lowest BCUT2D eigenvalue weighted by atomic mass is 9.96. The molecule has 0 spiro atoms. The number of pyridine rings is 1. The van der Waals surface area contributed by atoms with E-state index in [1.807, 2.05) is 13.0 Å². The number of aromatic nitrogens is 3. The lowest BCUT2D eigenvalue weighted by molar-refractivity contribution is 0.333. The van der Waals surface area contributed by atoms with Crippen molar-refractivity contribution >= 4 is 16.7 Å². The number of para-hydroxylation sites is 1. The van der Waals surface area contributed by atoms with Gasteiger partial charge in [0, 0.05) is 31.1 Å². The molecule has 1 aliphatic heterocycles. The summed E-state index contributed by atoms with van der Waals surface area (Å²) in [4.78, 5) is 19.2. The zero-order valence-electron chi connectivity index (χ0n) is 15.4. The maximum Gasteiger partial charge on any atom is 0.266 e.